The monoisotopic (exact) mass is 228 g/mol. The quantitative estimate of drug-likeness (QED) is 0.587. The number of rotatable bonds is 8. The highest BCUT2D eigenvalue weighted by atomic mass is 16.4. The molecule has 0 rings (SSSR count). The molecule has 0 bridgehead atoms. The van der Waals surface area contributed by atoms with E-state index >= 15 is 0 Å². The first-order valence-corrected chi connectivity index (χ1v) is 5.27. The molecule has 0 spiro atoms. The summed E-state index contributed by atoms with van der Waals surface area (Å²) in [6.45, 7) is 8.45. The second-order valence-corrected chi connectivity index (χ2v) is 4.05. The number of hydrogen-bond donors (Lipinski definition) is 2. The van der Waals surface area contributed by atoms with Crippen molar-refractivity contribution in [3.63, 3.8) is 0 Å². The van der Waals surface area contributed by atoms with Gasteiger partial charge in [0.1, 0.15) is 0 Å². The number of carboxylic acids is 1. The topological polar surface area (TPSA) is 69.6 Å². The van der Waals surface area contributed by atoms with Gasteiger partial charge in [0, 0.05) is 13.1 Å². The Kier molecular flexibility index (Phi) is 7.20. The van der Waals surface area contributed by atoms with Crippen LogP contribution in [0.3, 0.4) is 0 Å². The average Bonchev–Trinajstić information content (AvgIpc) is 2.14. The minimum atomic E-state index is -0.946. The van der Waals surface area contributed by atoms with Crippen LogP contribution in [0.1, 0.15) is 13.8 Å². The van der Waals surface area contributed by atoms with Crippen molar-refractivity contribution < 1.29 is 14.7 Å². The van der Waals surface area contributed by atoms with Gasteiger partial charge in [-0.1, -0.05) is 19.9 Å². The highest BCUT2D eigenvalue weighted by Gasteiger charge is 2.12. The molecule has 2 N–H and O–H groups in total. The van der Waals surface area contributed by atoms with E-state index in [1.807, 2.05) is 13.8 Å². The smallest absolute Gasteiger partial charge is 0.317 e. The van der Waals surface area contributed by atoms with Gasteiger partial charge >= 0.3 is 5.97 Å². The van der Waals surface area contributed by atoms with Crippen LogP contribution < -0.4 is 5.32 Å². The van der Waals surface area contributed by atoms with Crippen molar-refractivity contribution in [1.82, 2.24) is 10.2 Å². The summed E-state index contributed by atoms with van der Waals surface area (Å²) in [4.78, 5) is 23.5. The number of carboxylic acid groups (broad SMARTS) is 1. The van der Waals surface area contributed by atoms with E-state index in [2.05, 4.69) is 11.9 Å². The minimum Gasteiger partial charge on any atom is -0.480 e. The van der Waals surface area contributed by atoms with Crippen LogP contribution in [0.2, 0.25) is 0 Å². The molecule has 92 valence electrons. The number of hydrogen-bond acceptors (Lipinski definition) is 3. The molecule has 0 saturated carbocycles. The van der Waals surface area contributed by atoms with Crippen LogP contribution in [-0.4, -0.2) is 48.1 Å². The van der Waals surface area contributed by atoms with Crippen molar-refractivity contribution in [2.24, 2.45) is 5.92 Å². The SMILES string of the molecule is C=CCN(CC(=O)O)CC(=O)NCC(C)C. The fraction of sp³-hybridized carbons (Fsp3) is 0.636. The van der Waals surface area contributed by atoms with E-state index in [-0.39, 0.29) is 19.0 Å². The zero-order valence-corrected chi connectivity index (χ0v) is 9.90. The summed E-state index contributed by atoms with van der Waals surface area (Å²) in [7, 11) is 0. The molecule has 0 aliphatic carbocycles. The van der Waals surface area contributed by atoms with Gasteiger partial charge in [0.25, 0.3) is 0 Å². The summed E-state index contributed by atoms with van der Waals surface area (Å²) in [5, 5.41) is 11.4. The third kappa shape index (κ3) is 7.99. The molecule has 0 aromatic heterocycles. The van der Waals surface area contributed by atoms with Crippen LogP contribution in [0.15, 0.2) is 12.7 Å². The molecule has 1 amide bonds. The highest BCUT2D eigenvalue weighted by molar-refractivity contribution is 5.79. The van der Waals surface area contributed by atoms with Crippen molar-refractivity contribution in [3.05, 3.63) is 12.7 Å². The van der Waals surface area contributed by atoms with Gasteiger partial charge in [0.2, 0.25) is 5.91 Å². The van der Waals surface area contributed by atoms with Gasteiger partial charge in [0.05, 0.1) is 13.1 Å². The van der Waals surface area contributed by atoms with E-state index in [0.717, 1.165) is 0 Å². The van der Waals surface area contributed by atoms with Gasteiger partial charge in [-0.25, -0.2) is 0 Å². The molecule has 0 aromatic rings. The Morgan fingerprint density at radius 2 is 2.06 bits per heavy atom. The molecular formula is C11H20N2O3. The zero-order chi connectivity index (χ0) is 12.6. The van der Waals surface area contributed by atoms with Crippen molar-refractivity contribution in [3.8, 4) is 0 Å². The van der Waals surface area contributed by atoms with Gasteiger partial charge in [-0.15, -0.1) is 6.58 Å². The normalized spacial score (nSPS) is 10.5. The summed E-state index contributed by atoms with van der Waals surface area (Å²) in [6, 6.07) is 0. The Bertz CT molecular complexity index is 252. The van der Waals surface area contributed by atoms with Gasteiger partial charge in [0.15, 0.2) is 0 Å². The van der Waals surface area contributed by atoms with E-state index in [1.165, 1.54) is 4.90 Å². The van der Waals surface area contributed by atoms with Crippen LogP contribution in [0.5, 0.6) is 0 Å². The van der Waals surface area contributed by atoms with Crippen LogP contribution in [-0.2, 0) is 9.59 Å². The first-order chi connectivity index (χ1) is 7.45. The lowest BCUT2D eigenvalue weighted by molar-refractivity contribution is -0.138. The average molecular weight is 228 g/mol. The largest absolute Gasteiger partial charge is 0.480 e. The Labute approximate surface area is 96.1 Å². The van der Waals surface area contributed by atoms with Crippen molar-refractivity contribution in [2.75, 3.05) is 26.2 Å². The lowest BCUT2D eigenvalue weighted by Crippen LogP contribution is -2.40. The molecule has 0 heterocycles. The third-order valence-corrected chi connectivity index (χ3v) is 1.82. The van der Waals surface area contributed by atoms with E-state index in [0.29, 0.717) is 19.0 Å². The Morgan fingerprint density at radius 3 is 2.50 bits per heavy atom. The Balaban J connectivity index is 4.01. The van der Waals surface area contributed by atoms with Crippen molar-refractivity contribution in [1.29, 1.82) is 0 Å². The summed E-state index contributed by atoms with van der Waals surface area (Å²) >= 11 is 0. The predicted molar refractivity (Wildman–Crippen MR) is 62.1 cm³/mol. The second-order valence-electron chi connectivity index (χ2n) is 4.05. The lowest BCUT2D eigenvalue weighted by Gasteiger charge is -2.18. The maximum absolute atomic E-state index is 11.4. The molecule has 0 aromatic carbocycles. The molecule has 0 fully saturated rings. The number of carbonyl (C=O) groups is 2. The van der Waals surface area contributed by atoms with Crippen LogP contribution in [0, 0.1) is 5.92 Å². The van der Waals surface area contributed by atoms with Gasteiger partial charge in [-0.3, -0.25) is 14.5 Å². The molecule has 0 aliphatic rings. The first-order valence-electron chi connectivity index (χ1n) is 5.27. The summed E-state index contributed by atoms with van der Waals surface area (Å²) < 4.78 is 0. The molecular weight excluding hydrogens is 208 g/mol. The fourth-order valence-electron chi connectivity index (χ4n) is 1.14. The first kappa shape index (κ1) is 14.6. The zero-order valence-electron chi connectivity index (χ0n) is 9.90. The fourth-order valence-corrected chi connectivity index (χ4v) is 1.14. The molecule has 0 radical (unpaired) electrons. The molecule has 0 aliphatic heterocycles. The molecule has 5 nitrogen and oxygen atoms in total. The number of nitrogens with zero attached hydrogens (tertiary/aromatic N) is 1. The number of nitrogens with one attached hydrogen (secondary N) is 1. The molecule has 5 heteroatoms. The van der Waals surface area contributed by atoms with Crippen molar-refractivity contribution in [2.45, 2.75) is 13.8 Å². The van der Waals surface area contributed by atoms with E-state index < -0.39 is 5.97 Å². The number of aliphatic carboxylic acids is 1. The van der Waals surface area contributed by atoms with Crippen LogP contribution >= 0.6 is 0 Å². The van der Waals surface area contributed by atoms with Crippen LogP contribution in [0.4, 0.5) is 0 Å². The maximum Gasteiger partial charge on any atom is 0.317 e. The predicted octanol–water partition coefficient (Wildman–Crippen LogP) is 0.331. The summed E-state index contributed by atoms with van der Waals surface area (Å²) in [5.74, 6) is -0.716. The molecule has 0 saturated heterocycles. The van der Waals surface area contributed by atoms with E-state index in [1.54, 1.807) is 6.08 Å². The van der Waals surface area contributed by atoms with E-state index in [9.17, 15) is 9.59 Å². The molecule has 0 unspecified atom stereocenters. The summed E-state index contributed by atoms with van der Waals surface area (Å²) in [5.41, 5.74) is 0. The number of amides is 1. The Morgan fingerprint density at radius 1 is 1.44 bits per heavy atom. The lowest BCUT2D eigenvalue weighted by atomic mass is 10.2. The van der Waals surface area contributed by atoms with Gasteiger partial charge in [-0.05, 0) is 5.92 Å². The standard InChI is InChI=1S/C11H20N2O3/c1-4-5-13(8-11(15)16)7-10(14)12-6-9(2)3/h4,9H,1,5-8H2,2-3H3,(H,12,14)(H,15,16). The van der Waals surface area contributed by atoms with Crippen LogP contribution in [0.25, 0.3) is 0 Å². The van der Waals surface area contributed by atoms with E-state index in [4.69, 9.17) is 5.11 Å². The van der Waals surface area contributed by atoms with Gasteiger partial charge in [-0.2, -0.15) is 0 Å². The molecule has 16 heavy (non-hydrogen) atoms. The van der Waals surface area contributed by atoms with Gasteiger partial charge < -0.3 is 10.4 Å². The highest BCUT2D eigenvalue weighted by Crippen LogP contribution is 1.91. The maximum atomic E-state index is 11.4. The third-order valence-electron chi connectivity index (χ3n) is 1.82. The number of carbonyl (C=O) groups excluding carboxylic acids is 1. The molecule has 0 atom stereocenters. The second kappa shape index (κ2) is 7.87. The summed E-state index contributed by atoms with van der Waals surface area (Å²) in [6.07, 6.45) is 1.58. The minimum absolute atomic E-state index is 0.0883. The Hall–Kier alpha value is -1.36. The van der Waals surface area contributed by atoms with Crippen molar-refractivity contribution >= 4 is 11.9 Å².